The van der Waals surface area contributed by atoms with E-state index in [0.717, 1.165) is 0 Å². The van der Waals surface area contributed by atoms with Gasteiger partial charge in [-0.1, -0.05) is 6.07 Å². The second-order valence-electron chi connectivity index (χ2n) is 6.45. The molecule has 2 rings (SSSR count). The monoisotopic (exact) mass is 376 g/mol. The van der Waals surface area contributed by atoms with Crippen molar-refractivity contribution in [1.82, 2.24) is 5.32 Å². The topological polar surface area (TPSA) is 84.5 Å². The van der Waals surface area contributed by atoms with Gasteiger partial charge in [-0.2, -0.15) is 0 Å². The third-order valence-corrected chi connectivity index (χ3v) is 4.68. The summed E-state index contributed by atoms with van der Waals surface area (Å²) in [7, 11) is -3.80. The molecule has 2 aromatic carbocycles. The summed E-state index contributed by atoms with van der Waals surface area (Å²) in [5.41, 5.74) is 0.709. The molecule has 0 heterocycles. The van der Waals surface area contributed by atoms with Crippen LogP contribution in [0.1, 0.15) is 38.1 Å². The lowest BCUT2D eigenvalue weighted by Crippen LogP contribution is -2.30. The van der Waals surface area contributed by atoms with Crippen molar-refractivity contribution in [3.05, 3.63) is 54.1 Å². The van der Waals surface area contributed by atoms with E-state index in [9.17, 15) is 13.2 Å². The second kappa shape index (κ2) is 8.23. The maximum absolute atomic E-state index is 12.6. The molecule has 0 unspecified atom stereocenters. The zero-order valence-electron chi connectivity index (χ0n) is 15.3. The normalized spacial score (nSPS) is 11.5. The van der Waals surface area contributed by atoms with Crippen LogP contribution in [0.4, 0.5) is 5.69 Å². The lowest BCUT2D eigenvalue weighted by Gasteiger charge is -2.12. The van der Waals surface area contributed by atoms with Crippen LogP contribution >= 0.6 is 0 Å². The minimum absolute atomic E-state index is 0.0245. The summed E-state index contributed by atoms with van der Waals surface area (Å²) in [4.78, 5) is 12.1. The number of anilines is 1. The van der Waals surface area contributed by atoms with Crippen LogP contribution in [0.5, 0.6) is 5.75 Å². The first-order valence-corrected chi connectivity index (χ1v) is 9.86. The number of hydrogen-bond acceptors (Lipinski definition) is 4. The molecule has 6 nitrogen and oxygen atoms in total. The van der Waals surface area contributed by atoms with E-state index >= 15 is 0 Å². The summed E-state index contributed by atoms with van der Waals surface area (Å²) in [6, 6.07) is 12.6. The molecule has 0 saturated carbocycles. The lowest BCUT2D eigenvalue weighted by molar-refractivity contribution is 0.0943. The molecule has 0 aliphatic heterocycles. The van der Waals surface area contributed by atoms with Gasteiger partial charge in [0, 0.05) is 17.3 Å². The zero-order valence-corrected chi connectivity index (χ0v) is 16.1. The molecule has 7 heteroatoms. The Hall–Kier alpha value is -2.54. The first kappa shape index (κ1) is 19.8. The molecule has 0 atom stereocenters. The van der Waals surface area contributed by atoms with E-state index in [-0.39, 0.29) is 22.9 Å². The zero-order chi connectivity index (χ0) is 19.3. The van der Waals surface area contributed by atoms with Crippen molar-refractivity contribution in [2.24, 2.45) is 0 Å². The molecule has 0 saturated heterocycles. The molecule has 0 aliphatic carbocycles. The van der Waals surface area contributed by atoms with Crippen molar-refractivity contribution in [3.8, 4) is 5.75 Å². The molecule has 2 aromatic rings. The Balaban J connectivity index is 2.18. The van der Waals surface area contributed by atoms with E-state index in [1.54, 1.807) is 36.4 Å². The van der Waals surface area contributed by atoms with Crippen LogP contribution in [0.25, 0.3) is 0 Å². The smallest absolute Gasteiger partial charge is 0.261 e. The summed E-state index contributed by atoms with van der Waals surface area (Å²) in [5, 5.41) is 2.74. The maximum Gasteiger partial charge on any atom is 0.261 e. The molecule has 0 aliphatic rings. The third kappa shape index (κ3) is 5.49. The van der Waals surface area contributed by atoms with Gasteiger partial charge in [0.25, 0.3) is 15.9 Å². The minimum atomic E-state index is -3.80. The number of benzene rings is 2. The Morgan fingerprint density at radius 3 is 2.23 bits per heavy atom. The van der Waals surface area contributed by atoms with Gasteiger partial charge in [0.1, 0.15) is 5.75 Å². The number of amides is 1. The van der Waals surface area contributed by atoms with Gasteiger partial charge in [-0.25, -0.2) is 8.42 Å². The van der Waals surface area contributed by atoms with Crippen LogP contribution in [0, 0.1) is 0 Å². The van der Waals surface area contributed by atoms with E-state index in [2.05, 4.69) is 10.0 Å². The Kier molecular flexibility index (Phi) is 6.26. The summed E-state index contributed by atoms with van der Waals surface area (Å²) < 4.78 is 33.2. The van der Waals surface area contributed by atoms with Crippen molar-refractivity contribution >= 4 is 21.6 Å². The first-order valence-electron chi connectivity index (χ1n) is 8.38. The molecule has 1 amide bonds. The fraction of sp³-hybridized carbons (Fsp3) is 0.316. The number of hydrogen-bond donors (Lipinski definition) is 2. The van der Waals surface area contributed by atoms with Gasteiger partial charge < -0.3 is 10.1 Å². The summed E-state index contributed by atoms with van der Waals surface area (Å²) >= 11 is 0. The van der Waals surface area contributed by atoms with E-state index in [0.29, 0.717) is 17.0 Å². The van der Waals surface area contributed by atoms with Gasteiger partial charge in [-0.15, -0.1) is 0 Å². The van der Waals surface area contributed by atoms with Gasteiger partial charge in [0.15, 0.2) is 0 Å². The molecular formula is C19H24N2O4S. The Morgan fingerprint density at radius 2 is 1.65 bits per heavy atom. The molecule has 2 N–H and O–H groups in total. The van der Waals surface area contributed by atoms with Crippen LogP contribution in [-0.2, 0) is 10.0 Å². The Bertz CT molecular complexity index is 859. The highest BCUT2D eigenvalue weighted by Crippen LogP contribution is 2.21. The fourth-order valence-electron chi connectivity index (χ4n) is 2.24. The highest BCUT2D eigenvalue weighted by atomic mass is 32.2. The van der Waals surface area contributed by atoms with Crippen LogP contribution in [0.2, 0.25) is 0 Å². The average molecular weight is 376 g/mol. The van der Waals surface area contributed by atoms with Crippen LogP contribution in [-0.4, -0.2) is 26.5 Å². The van der Waals surface area contributed by atoms with Crippen molar-refractivity contribution in [3.63, 3.8) is 0 Å². The van der Waals surface area contributed by atoms with E-state index < -0.39 is 10.0 Å². The number of nitrogens with one attached hydrogen (secondary N) is 2. The molecule has 0 radical (unpaired) electrons. The molecular weight excluding hydrogens is 352 g/mol. The van der Waals surface area contributed by atoms with Crippen molar-refractivity contribution in [2.75, 3.05) is 4.72 Å². The van der Waals surface area contributed by atoms with Gasteiger partial charge >= 0.3 is 0 Å². The Morgan fingerprint density at radius 1 is 1.00 bits per heavy atom. The molecule has 0 spiro atoms. The maximum atomic E-state index is 12.6. The van der Waals surface area contributed by atoms with Gasteiger partial charge in [0.05, 0.1) is 11.0 Å². The van der Waals surface area contributed by atoms with E-state index in [1.807, 2.05) is 27.7 Å². The fourth-order valence-corrected chi connectivity index (χ4v) is 3.34. The lowest BCUT2D eigenvalue weighted by atomic mass is 10.2. The summed E-state index contributed by atoms with van der Waals surface area (Å²) in [6.45, 7) is 7.51. The van der Waals surface area contributed by atoms with Crippen molar-refractivity contribution in [1.29, 1.82) is 0 Å². The standard InChI is InChI=1S/C19H24N2O4S/c1-13(2)20-19(22)15-6-5-7-18(12-15)26(23,24)21-16-8-10-17(11-9-16)25-14(3)4/h5-14,21H,1-4H3,(H,20,22). The van der Waals surface area contributed by atoms with Crippen LogP contribution < -0.4 is 14.8 Å². The highest BCUT2D eigenvalue weighted by Gasteiger charge is 2.17. The molecule has 140 valence electrons. The Labute approximate surface area is 154 Å². The molecule has 0 bridgehead atoms. The number of carbonyl (C=O) groups is 1. The van der Waals surface area contributed by atoms with E-state index in [4.69, 9.17) is 4.74 Å². The average Bonchev–Trinajstić information content (AvgIpc) is 2.55. The van der Waals surface area contributed by atoms with Crippen molar-refractivity contribution < 1.29 is 17.9 Å². The number of ether oxygens (including phenoxy) is 1. The van der Waals surface area contributed by atoms with Gasteiger partial charge in [-0.3, -0.25) is 9.52 Å². The predicted octanol–water partition coefficient (Wildman–Crippen LogP) is 3.41. The van der Waals surface area contributed by atoms with Crippen molar-refractivity contribution in [2.45, 2.75) is 44.7 Å². The van der Waals surface area contributed by atoms with Crippen LogP contribution in [0.15, 0.2) is 53.4 Å². The second-order valence-corrected chi connectivity index (χ2v) is 8.13. The predicted molar refractivity (Wildman–Crippen MR) is 102 cm³/mol. The highest BCUT2D eigenvalue weighted by molar-refractivity contribution is 7.92. The largest absolute Gasteiger partial charge is 0.491 e. The summed E-state index contributed by atoms with van der Waals surface area (Å²) in [6.07, 6.45) is 0.0391. The number of carbonyl (C=O) groups excluding carboxylic acids is 1. The molecule has 0 aromatic heterocycles. The SMILES string of the molecule is CC(C)NC(=O)c1cccc(S(=O)(=O)Nc2ccc(OC(C)C)cc2)c1. The minimum Gasteiger partial charge on any atom is -0.491 e. The third-order valence-electron chi connectivity index (χ3n) is 3.30. The van der Waals surface area contributed by atoms with Gasteiger partial charge in [0.2, 0.25) is 0 Å². The van der Waals surface area contributed by atoms with Gasteiger partial charge in [-0.05, 0) is 70.2 Å². The number of sulfonamides is 1. The first-order chi connectivity index (χ1) is 12.2. The quantitative estimate of drug-likeness (QED) is 0.775. The molecule has 0 fully saturated rings. The number of rotatable bonds is 7. The summed E-state index contributed by atoms with van der Waals surface area (Å²) in [5.74, 6) is 0.350. The van der Waals surface area contributed by atoms with Crippen LogP contribution in [0.3, 0.4) is 0 Å². The van der Waals surface area contributed by atoms with E-state index in [1.165, 1.54) is 12.1 Å². The molecule has 26 heavy (non-hydrogen) atoms.